The number of quaternary nitrogens is 1. The number of likely N-dealkylation sites (N-methyl/N-ethyl adjacent to an activating group) is 1. The first-order valence-electron chi connectivity index (χ1n) is 4.19. The summed E-state index contributed by atoms with van der Waals surface area (Å²) in [5, 5.41) is 9.38. The van der Waals surface area contributed by atoms with E-state index in [9.17, 15) is 9.90 Å². The minimum atomic E-state index is -1.51. The molecule has 0 N–H and O–H groups in total. The number of rotatable bonds is 4. The maximum atomic E-state index is 9.38. The molecule has 0 aliphatic heterocycles. The summed E-state index contributed by atoms with van der Waals surface area (Å²) < 4.78 is 4.85. The topological polar surface area (TPSA) is 49.4 Å². The smallest absolute Gasteiger partial charge is 0.252 e. The fraction of sp³-hybridized carbons (Fsp3) is 0.500. The van der Waals surface area contributed by atoms with Gasteiger partial charge >= 0.3 is 0 Å². The van der Waals surface area contributed by atoms with Crippen LogP contribution >= 0.6 is 0 Å². The summed E-state index contributed by atoms with van der Waals surface area (Å²) >= 11 is 0. The molecule has 0 aliphatic rings. The molecule has 0 rings (SSSR count). The quantitative estimate of drug-likeness (QED) is 0.376. The van der Waals surface area contributed by atoms with E-state index in [1.807, 2.05) is 6.08 Å². The summed E-state index contributed by atoms with van der Waals surface area (Å²) in [4.78, 5) is 9.38. The van der Waals surface area contributed by atoms with Crippen molar-refractivity contribution in [3.05, 3.63) is 25.3 Å². The van der Waals surface area contributed by atoms with Crippen LogP contribution in [0.5, 0.6) is 0 Å². The number of hydrogen-bond donors (Lipinski definition) is 0. The fourth-order valence-corrected chi connectivity index (χ4v) is 0.514. The van der Waals surface area contributed by atoms with Crippen LogP contribution in [0, 0.1) is 0 Å². The van der Waals surface area contributed by atoms with E-state index in [4.69, 9.17) is 0 Å². The van der Waals surface area contributed by atoms with Crippen LogP contribution in [0.1, 0.15) is 0 Å². The Bertz CT molecular complexity index is 182. The van der Waals surface area contributed by atoms with Crippen molar-refractivity contribution in [2.24, 2.45) is 0 Å². The van der Waals surface area contributed by atoms with Gasteiger partial charge in [-0.05, 0) is 6.08 Å². The monoisotopic (exact) mass is 201 g/mol. The second-order valence-corrected chi connectivity index (χ2v) is 3.61. The Labute approximate surface area is 85.7 Å². The second kappa shape index (κ2) is 8.31. The molecule has 0 aromatic heterocycles. The Kier molecular flexibility index (Phi) is 9.02. The highest BCUT2D eigenvalue weighted by atomic mass is 16.7. The summed E-state index contributed by atoms with van der Waals surface area (Å²) in [5.41, 5.74) is 0. The molecule has 4 heteroatoms. The Morgan fingerprint density at radius 2 is 1.86 bits per heavy atom. The molecule has 0 atom stereocenters. The molecule has 0 spiro atoms. The molecule has 0 unspecified atom stereocenters. The van der Waals surface area contributed by atoms with E-state index in [2.05, 4.69) is 39.0 Å². The maximum Gasteiger partial charge on any atom is 0.252 e. The molecular weight excluding hydrogens is 182 g/mol. The standard InChI is InChI=1S/C6H14N.C4H6O3/c1-5-6-7(2,3)4;1-2-3-7-4(5)6/h5H,1,6H2,2-4H3;2H,1,3H2,(H,5,6)/q+1;/p-1. The largest absolute Gasteiger partial charge is 0.546 e. The van der Waals surface area contributed by atoms with Crippen molar-refractivity contribution in [3.63, 3.8) is 0 Å². The molecule has 0 amide bonds. The zero-order chi connectivity index (χ0) is 11.6. The molecule has 4 nitrogen and oxygen atoms in total. The van der Waals surface area contributed by atoms with E-state index < -0.39 is 6.16 Å². The van der Waals surface area contributed by atoms with Gasteiger partial charge in [-0.3, -0.25) is 0 Å². The van der Waals surface area contributed by atoms with E-state index in [1.54, 1.807) is 0 Å². The van der Waals surface area contributed by atoms with Crippen LogP contribution in [0.15, 0.2) is 25.3 Å². The van der Waals surface area contributed by atoms with Crippen LogP contribution in [0.25, 0.3) is 0 Å². The van der Waals surface area contributed by atoms with Crippen molar-refractivity contribution >= 4 is 6.16 Å². The van der Waals surface area contributed by atoms with Gasteiger partial charge in [0.25, 0.3) is 6.16 Å². The number of hydrogen-bond acceptors (Lipinski definition) is 3. The lowest BCUT2D eigenvalue weighted by Gasteiger charge is -2.21. The summed E-state index contributed by atoms with van der Waals surface area (Å²) in [7, 11) is 6.42. The van der Waals surface area contributed by atoms with Crippen LogP contribution in [0.2, 0.25) is 0 Å². The molecule has 14 heavy (non-hydrogen) atoms. The summed E-state index contributed by atoms with van der Waals surface area (Å²) in [6.07, 6.45) is 1.75. The van der Waals surface area contributed by atoms with Gasteiger partial charge in [0.2, 0.25) is 0 Å². The minimum Gasteiger partial charge on any atom is -0.546 e. The molecule has 0 saturated carbocycles. The summed E-state index contributed by atoms with van der Waals surface area (Å²) in [6.45, 7) is 7.89. The predicted octanol–water partition coefficient (Wildman–Crippen LogP) is 0.411. The van der Waals surface area contributed by atoms with Gasteiger partial charge in [0, 0.05) is 6.61 Å². The van der Waals surface area contributed by atoms with Gasteiger partial charge in [0.1, 0.15) is 0 Å². The van der Waals surface area contributed by atoms with Gasteiger partial charge in [0.15, 0.2) is 0 Å². The number of carboxylic acid groups (broad SMARTS) is 1. The maximum absolute atomic E-state index is 9.38. The molecule has 82 valence electrons. The van der Waals surface area contributed by atoms with Crippen molar-refractivity contribution in [2.75, 3.05) is 34.3 Å². The van der Waals surface area contributed by atoms with E-state index >= 15 is 0 Å². The average molecular weight is 201 g/mol. The number of carbonyl (C=O) groups is 1. The van der Waals surface area contributed by atoms with Crippen LogP contribution in [-0.2, 0) is 4.74 Å². The molecule has 0 aliphatic carbocycles. The van der Waals surface area contributed by atoms with Crippen LogP contribution in [0.3, 0.4) is 0 Å². The van der Waals surface area contributed by atoms with E-state index in [1.165, 1.54) is 6.08 Å². The molecule has 0 fully saturated rings. The lowest BCUT2D eigenvalue weighted by atomic mass is 10.5. The molecule has 0 bridgehead atoms. The van der Waals surface area contributed by atoms with E-state index in [0.29, 0.717) is 0 Å². The number of nitrogens with zero attached hydrogens (tertiary/aromatic N) is 1. The van der Waals surface area contributed by atoms with Gasteiger partial charge in [-0.2, -0.15) is 0 Å². The normalized spacial score (nSPS) is 9.36. The fourth-order valence-electron chi connectivity index (χ4n) is 0.514. The molecular formula is C10H19NO3. The highest BCUT2D eigenvalue weighted by molar-refractivity contribution is 5.54. The number of carbonyl (C=O) groups excluding carboxylic acids is 1. The molecule has 0 radical (unpaired) electrons. The average Bonchev–Trinajstić information content (AvgIpc) is 1.99. The Balaban J connectivity index is 0. The molecule has 0 aromatic carbocycles. The summed E-state index contributed by atoms with van der Waals surface area (Å²) in [5.74, 6) is 0. The van der Waals surface area contributed by atoms with Gasteiger partial charge < -0.3 is 19.1 Å². The third-order valence-electron chi connectivity index (χ3n) is 0.996. The van der Waals surface area contributed by atoms with Crippen molar-refractivity contribution in [1.29, 1.82) is 0 Å². The Morgan fingerprint density at radius 3 is 1.93 bits per heavy atom. The van der Waals surface area contributed by atoms with E-state index in [0.717, 1.165) is 11.0 Å². The Morgan fingerprint density at radius 1 is 1.36 bits per heavy atom. The lowest BCUT2D eigenvalue weighted by Crippen LogP contribution is -2.33. The first kappa shape index (κ1) is 15.2. The first-order chi connectivity index (χ1) is 6.33. The van der Waals surface area contributed by atoms with Crippen molar-refractivity contribution in [1.82, 2.24) is 0 Å². The van der Waals surface area contributed by atoms with Gasteiger partial charge in [-0.1, -0.05) is 12.7 Å². The highest BCUT2D eigenvalue weighted by Gasteiger charge is 1.99. The highest BCUT2D eigenvalue weighted by Crippen LogP contribution is 1.86. The molecule has 0 heterocycles. The van der Waals surface area contributed by atoms with Crippen LogP contribution < -0.4 is 5.11 Å². The van der Waals surface area contributed by atoms with Crippen molar-refractivity contribution < 1.29 is 19.1 Å². The van der Waals surface area contributed by atoms with Crippen molar-refractivity contribution in [2.45, 2.75) is 0 Å². The third kappa shape index (κ3) is 22.4. The minimum absolute atomic E-state index is 0.00231. The zero-order valence-electron chi connectivity index (χ0n) is 9.16. The molecule has 0 aromatic rings. The van der Waals surface area contributed by atoms with E-state index in [-0.39, 0.29) is 6.61 Å². The van der Waals surface area contributed by atoms with Gasteiger partial charge in [0.05, 0.1) is 27.7 Å². The zero-order valence-corrected chi connectivity index (χ0v) is 9.16. The SMILES string of the molecule is C=CCOC(=O)[O-].C=CC[N+](C)(C)C. The second-order valence-electron chi connectivity index (χ2n) is 3.61. The third-order valence-corrected chi connectivity index (χ3v) is 0.996. The van der Waals surface area contributed by atoms with Crippen molar-refractivity contribution in [3.8, 4) is 0 Å². The van der Waals surface area contributed by atoms with Gasteiger partial charge in [-0.25, -0.2) is 0 Å². The Hall–Kier alpha value is -1.29. The van der Waals surface area contributed by atoms with Gasteiger partial charge in [-0.15, -0.1) is 6.58 Å². The molecule has 0 saturated heterocycles. The lowest BCUT2D eigenvalue weighted by molar-refractivity contribution is -0.864. The van der Waals surface area contributed by atoms with Crippen LogP contribution in [-0.4, -0.2) is 44.9 Å². The number of ether oxygens (including phenoxy) is 1. The summed E-state index contributed by atoms with van der Waals surface area (Å²) in [6, 6.07) is 0. The van der Waals surface area contributed by atoms with Crippen LogP contribution in [0.4, 0.5) is 4.79 Å². The predicted molar refractivity (Wildman–Crippen MR) is 54.6 cm³/mol. The first-order valence-corrected chi connectivity index (χ1v) is 4.19.